The third-order valence-electron chi connectivity index (χ3n) is 8.35. The summed E-state index contributed by atoms with van der Waals surface area (Å²) >= 11 is 0. The van der Waals surface area contributed by atoms with Crippen LogP contribution in [0.3, 0.4) is 0 Å². The van der Waals surface area contributed by atoms with Gasteiger partial charge in [0.15, 0.2) is 5.84 Å². The lowest BCUT2D eigenvalue weighted by Crippen LogP contribution is -2.21. The number of para-hydroxylation sites is 3. The van der Waals surface area contributed by atoms with Crippen molar-refractivity contribution < 1.29 is 4.42 Å². The fourth-order valence-electron chi connectivity index (χ4n) is 6.26. The van der Waals surface area contributed by atoms with Gasteiger partial charge in [-0.15, -0.1) is 0 Å². The van der Waals surface area contributed by atoms with E-state index in [1.165, 1.54) is 0 Å². The number of nitrogens with one attached hydrogen (secondary N) is 1. The first kappa shape index (κ1) is 26.7. The molecule has 0 aliphatic carbocycles. The van der Waals surface area contributed by atoms with Crippen LogP contribution in [0.15, 0.2) is 160 Å². The molecule has 2 aromatic heterocycles. The Morgan fingerprint density at radius 1 is 0.622 bits per heavy atom. The van der Waals surface area contributed by atoms with Gasteiger partial charge in [-0.25, -0.2) is 4.99 Å². The molecule has 0 fully saturated rings. The molecule has 5 nitrogen and oxygen atoms in total. The molecule has 0 atom stereocenters. The zero-order valence-corrected chi connectivity index (χ0v) is 24.8. The number of nitrogens with zero attached hydrogens (tertiary/aromatic N) is 3. The van der Waals surface area contributed by atoms with E-state index < -0.39 is 0 Å². The van der Waals surface area contributed by atoms with E-state index in [4.69, 9.17) is 14.4 Å². The van der Waals surface area contributed by atoms with Crippen LogP contribution in [-0.4, -0.2) is 23.3 Å². The Morgan fingerprint density at radius 2 is 1.29 bits per heavy atom. The van der Waals surface area contributed by atoms with E-state index >= 15 is 0 Å². The fraction of sp³-hybridized carbons (Fsp3) is 0.0500. The second-order valence-corrected chi connectivity index (χ2v) is 11.0. The molecule has 2 heterocycles. The Morgan fingerprint density at radius 3 is 2.09 bits per heavy atom. The first-order valence-electron chi connectivity index (χ1n) is 15.1. The van der Waals surface area contributed by atoms with Crippen LogP contribution in [0, 0.1) is 0 Å². The summed E-state index contributed by atoms with van der Waals surface area (Å²) in [6, 6.07) is 50.0. The average Bonchev–Trinajstić information content (AvgIpc) is 3.65. The second-order valence-electron chi connectivity index (χ2n) is 11.0. The van der Waals surface area contributed by atoms with Crippen LogP contribution in [-0.2, 0) is 6.54 Å². The predicted octanol–water partition coefficient (Wildman–Crippen LogP) is 9.30. The van der Waals surface area contributed by atoms with Crippen molar-refractivity contribution in [2.75, 3.05) is 7.05 Å². The molecule has 8 rings (SSSR count). The molecule has 8 aromatic rings. The summed E-state index contributed by atoms with van der Waals surface area (Å²) in [5, 5.41) is 7.81. The smallest absolute Gasteiger partial charge is 0.157 e. The number of hydrogen-bond donors (Lipinski definition) is 1. The van der Waals surface area contributed by atoms with Gasteiger partial charge in [0.2, 0.25) is 0 Å². The molecule has 0 spiro atoms. The van der Waals surface area contributed by atoms with Crippen molar-refractivity contribution in [3.63, 3.8) is 0 Å². The van der Waals surface area contributed by atoms with E-state index in [9.17, 15) is 0 Å². The Bertz CT molecular complexity index is 2380. The van der Waals surface area contributed by atoms with Gasteiger partial charge in [-0.2, -0.15) is 0 Å². The first-order valence-corrected chi connectivity index (χ1v) is 15.1. The average molecular weight is 583 g/mol. The molecule has 216 valence electrons. The summed E-state index contributed by atoms with van der Waals surface area (Å²) in [7, 11) is 1.89. The molecule has 0 saturated heterocycles. The maximum absolute atomic E-state index is 6.51. The van der Waals surface area contributed by atoms with Crippen molar-refractivity contribution in [1.82, 2.24) is 9.88 Å². The van der Waals surface area contributed by atoms with Crippen molar-refractivity contribution in [2.45, 2.75) is 6.54 Å². The predicted molar refractivity (Wildman–Crippen MR) is 187 cm³/mol. The van der Waals surface area contributed by atoms with Crippen molar-refractivity contribution in [3.8, 4) is 5.69 Å². The number of aliphatic imine (C=N–C) groups is 2. The Balaban J connectivity index is 1.30. The quantitative estimate of drug-likeness (QED) is 0.162. The largest absolute Gasteiger partial charge is 0.455 e. The van der Waals surface area contributed by atoms with E-state index in [0.29, 0.717) is 12.4 Å². The van der Waals surface area contributed by atoms with Crippen molar-refractivity contribution in [2.24, 2.45) is 9.98 Å². The summed E-state index contributed by atoms with van der Waals surface area (Å²) in [5.41, 5.74) is 8.18. The van der Waals surface area contributed by atoms with Gasteiger partial charge in [-0.3, -0.25) is 4.99 Å². The minimum Gasteiger partial charge on any atom is -0.455 e. The molecule has 0 aliphatic heterocycles. The minimum absolute atomic E-state index is 0.455. The van der Waals surface area contributed by atoms with Crippen LogP contribution in [0.1, 0.15) is 16.7 Å². The molecule has 0 radical (unpaired) electrons. The molecular weight excluding hydrogens is 552 g/mol. The normalized spacial score (nSPS) is 12.5. The lowest BCUT2D eigenvalue weighted by Gasteiger charge is -2.13. The summed E-state index contributed by atoms with van der Waals surface area (Å²) in [4.78, 5) is 10.2. The Hall–Kier alpha value is -5.94. The molecular formula is C40H30N4O. The Labute approximate surface area is 260 Å². The lowest BCUT2D eigenvalue weighted by molar-refractivity contribution is 0.673. The molecule has 0 bridgehead atoms. The minimum atomic E-state index is 0.455. The zero-order chi connectivity index (χ0) is 30.2. The summed E-state index contributed by atoms with van der Waals surface area (Å²) in [5.74, 6) is 1.44. The van der Waals surface area contributed by atoms with Crippen molar-refractivity contribution >= 4 is 55.4 Å². The highest BCUT2D eigenvalue weighted by atomic mass is 16.3. The van der Waals surface area contributed by atoms with Crippen molar-refractivity contribution in [1.29, 1.82) is 0 Å². The highest BCUT2D eigenvalue weighted by Gasteiger charge is 2.19. The number of hydrogen-bond acceptors (Lipinski definition) is 2. The molecule has 6 aromatic carbocycles. The standard InChI is InChI=1S/C40H30N4O/c1-41-39(27-14-4-2-5-15-27)43-40(28-16-6-3-7-17-28)42-26-29-18-8-11-21-33(29)44-34-22-12-9-20-32(34)37-35(44)25-24-31-30-19-10-13-23-36(30)45-38(31)37/h2-25H,26H2,1H3,(H,41,42,43). The third kappa shape index (κ3) is 4.66. The molecule has 0 aliphatic rings. The maximum atomic E-state index is 6.51. The van der Waals surface area contributed by atoms with Crippen LogP contribution in [0.2, 0.25) is 0 Å². The topological polar surface area (TPSA) is 54.8 Å². The summed E-state index contributed by atoms with van der Waals surface area (Å²) < 4.78 is 8.85. The van der Waals surface area contributed by atoms with Gasteiger partial charge in [0.1, 0.15) is 17.0 Å². The number of amidine groups is 2. The monoisotopic (exact) mass is 582 g/mol. The van der Waals surface area contributed by atoms with Crippen LogP contribution >= 0.6 is 0 Å². The highest BCUT2D eigenvalue weighted by molar-refractivity contribution is 6.23. The van der Waals surface area contributed by atoms with Crippen LogP contribution in [0.4, 0.5) is 0 Å². The third-order valence-corrected chi connectivity index (χ3v) is 8.35. The second kappa shape index (κ2) is 11.3. The molecule has 0 unspecified atom stereocenters. The highest BCUT2D eigenvalue weighted by Crippen LogP contribution is 2.40. The lowest BCUT2D eigenvalue weighted by atomic mass is 10.1. The number of aromatic nitrogens is 1. The van der Waals surface area contributed by atoms with E-state index in [1.54, 1.807) is 0 Å². The Kier molecular flexibility index (Phi) is 6.69. The molecule has 5 heteroatoms. The van der Waals surface area contributed by atoms with Crippen molar-refractivity contribution in [3.05, 3.63) is 162 Å². The van der Waals surface area contributed by atoms with Gasteiger partial charge in [-0.05, 0) is 35.9 Å². The van der Waals surface area contributed by atoms with Crippen LogP contribution in [0.5, 0.6) is 0 Å². The molecule has 0 amide bonds. The van der Waals surface area contributed by atoms with Crippen LogP contribution in [0.25, 0.3) is 49.4 Å². The molecule has 45 heavy (non-hydrogen) atoms. The van der Waals surface area contributed by atoms with Gasteiger partial charge < -0.3 is 14.3 Å². The van der Waals surface area contributed by atoms with Gasteiger partial charge in [0.05, 0.1) is 28.7 Å². The van der Waals surface area contributed by atoms with Gasteiger partial charge >= 0.3 is 0 Å². The number of fused-ring (bicyclic) bond motifs is 7. The summed E-state index contributed by atoms with van der Waals surface area (Å²) in [6.07, 6.45) is 0. The zero-order valence-electron chi connectivity index (χ0n) is 24.8. The molecule has 1 N–H and O–H groups in total. The molecule has 0 saturated carbocycles. The van der Waals surface area contributed by atoms with Gasteiger partial charge in [0, 0.05) is 34.3 Å². The van der Waals surface area contributed by atoms with E-state index in [2.05, 4.69) is 107 Å². The number of furan rings is 1. The van der Waals surface area contributed by atoms with E-state index in [1.807, 2.05) is 55.6 Å². The van der Waals surface area contributed by atoms with Crippen LogP contribution < -0.4 is 5.32 Å². The summed E-state index contributed by atoms with van der Waals surface area (Å²) in [6.45, 7) is 0.455. The maximum Gasteiger partial charge on any atom is 0.157 e. The van der Waals surface area contributed by atoms with E-state index in [0.717, 1.165) is 72.0 Å². The fourth-order valence-corrected chi connectivity index (χ4v) is 6.26. The van der Waals surface area contributed by atoms with Gasteiger partial charge in [-0.1, -0.05) is 115 Å². The van der Waals surface area contributed by atoms with Gasteiger partial charge in [0.25, 0.3) is 0 Å². The number of benzene rings is 6. The SMILES string of the molecule is CN/C(=N\C(=N/Cc1ccccc1-n1c2ccccc2c2c3oc4ccccc4c3ccc21)c1ccccc1)c1ccccc1. The first-order chi connectivity index (χ1) is 22.3. The van der Waals surface area contributed by atoms with E-state index in [-0.39, 0.29) is 0 Å². The number of rotatable bonds is 5.